The predicted octanol–water partition coefficient (Wildman–Crippen LogP) is -0.924. The zero-order valence-corrected chi connectivity index (χ0v) is 13.6. The van der Waals surface area contributed by atoms with Crippen molar-refractivity contribution in [3.8, 4) is 0 Å². The molecule has 0 fully saturated rings. The summed E-state index contributed by atoms with van der Waals surface area (Å²) in [5.74, 6) is 0. The van der Waals surface area contributed by atoms with Crippen LogP contribution >= 0.6 is 0 Å². The third kappa shape index (κ3) is 8.84. The molecule has 0 aromatic carbocycles. The molecule has 0 spiro atoms. The maximum Gasteiger partial charge on any atom is 0 e. The van der Waals surface area contributed by atoms with Crippen molar-refractivity contribution in [3.05, 3.63) is 0 Å². The minimum Gasteiger partial charge on any atom is 0 e. The van der Waals surface area contributed by atoms with Gasteiger partial charge >= 0.3 is 27.3 Å². The van der Waals surface area contributed by atoms with Crippen LogP contribution < -0.4 is 0 Å². The maximum absolute atomic E-state index is 0. The van der Waals surface area contributed by atoms with Gasteiger partial charge in [0.15, 0.2) is 0 Å². The van der Waals surface area contributed by atoms with Gasteiger partial charge < -0.3 is 0 Å². The molecule has 0 aliphatic heterocycles. The van der Waals surface area contributed by atoms with E-state index in [0.29, 0.717) is 0 Å². The van der Waals surface area contributed by atoms with Crippen LogP contribution in [0.4, 0.5) is 0 Å². The van der Waals surface area contributed by atoms with E-state index in [0.717, 1.165) is 0 Å². The minimum absolute atomic E-state index is 0. The van der Waals surface area contributed by atoms with Crippen LogP contribution in [0.2, 0.25) is 0 Å². The van der Waals surface area contributed by atoms with Crippen LogP contribution in [0.25, 0.3) is 0 Å². The molecular formula is H2AuCuPbZn. The molecule has 4 heavy (non-hydrogen) atoms. The zero-order valence-electron chi connectivity index (χ0n) is 2.02. The van der Waals surface area contributed by atoms with Crippen molar-refractivity contribution in [1.82, 2.24) is 0 Å². The molecule has 0 rings (SSSR count). The summed E-state index contributed by atoms with van der Waals surface area (Å²) in [6.07, 6.45) is 0. The van der Waals surface area contributed by atoms with Crippen LogP contribution in [0.1, 0.15) is 0 Å². The summed E-state index contributed by atoms with van der Waals surface area (Å²) in [4.78, 5) is 0. The maximum atomic E-state index is 0. The Hall–Kier alpha value is 2.81. The molecule has 0 aromatic rings. The van der Waals surface area contributed by atoms with Crippen LogP contribution in [0.15, 0.2) is 0 Å². The second kappa shape index (κ2) is 17.0. The number of hydrogen-bond acceptors (Lipinski definition) is 0. The van der Waals surface area contributed by atoms with Gasteiger partial charge in [-0.05, 0) is 0 Å². The Labute approximate surface area is 84.8 Å². The average molecular weight is 535 g/mol. The molecule has 0 nitrogen and oxygen atoms in total. The van der Waals surface area contributed by atoms with Crippen LogP contribution in [-0.2, 0) is 58.9 Å². The van der Waals surface area contributed by atoms with Gasteiger partial charge in [-0.3, -0.25) is 0 Å². The van der Waals surface area contributed by atoms with Gasteiger partial charge in [0.1, 0.15) is 0 Å². The van der Waals surface area contributed by atoms with Crippen LogP contribution in [0.3, 0.4) is 0 Å². The fourth-order valence-corrected chi connectivity index (χ4v) is 0. The van der Waals surface area contributed by atoms with E-state index < -0.39 is 0 Å². The first-order valence-corrected chi connectivity index (χ1v) is 0. The van der Waals surface area contributed by atoms with Gasteiger partial charge in [0.2, 0.25) is 0 Å². The molecule has 30 valence electrons. The molecule has 0 saturated carbocycles. The zero-order chi connectivity index (χ0) is 0. The van der Waals surface area contributed by atoms with Crippen molar-refractivity contribution in [1.29, 1.82) is 0 Å². The SMILES string of the molecule is [Au].[Cu].[PbH2].[Zn]. The van der Waals surface area contributed by atoms with Gasteiger partial charge in [0, 0.05) is 58.9 Å². The summed E-state index contributed by atoms with van der Waals surface area (Å²) < 4.78 is 0. The average Bonchev–Trinajstić information content (AvgIpc) is 0. The van der Waals surface area contributed by atoms with Gasteiger partial charge in [-0.25, -0.2) is 0 Å². The van der Waals surface area contributed by atoms with Crippen LogP contribution in [0.5, 0.6) is 0 Å². The quantitative estimate of drug-likeness (QED) is 0.353. The van der Waals surface area contributed by atoms with Crippen molar-refractivity contribution >= 4 is 27.3 Å². The summed E-state index contributed by atoms with van der Waals surface area (Å²) in [6, 6.07) is 0. The fraction of sp³-hybridized carbons (Fsp3) is 0. The van der Waals surface area contributed by atoms with Gasteiger partial charge in [0.25, 0.3) is 0 Å². The summed E-state index contributed by atoms with van der Waals surface area (Å²) in [6.45, 7) is 0. The first-order valence-electron chi connectivity index (χ1n) is 0. The van der Waals surface area contributed by atoms with E-state index in [-0.39, 0.29) is 86.2 Å². The third-order valence-corrected chi connectivity index (χ3v) is 0. The number of rotatable bonds is 0. The fourth-order valence-electron chi connectivity index (χ4n) is 0. The molecule has 0 amide bonds. The molecule has 4 radical (unpaired) electrons. The first kappa shape index (κ1) is 29.1. The third-order valence-electron chi connectivity index (χ3n) is 0. The molecule has 0 saturated heterocycles. The smallest absolute Gasteiger partial charge is 0 e. The second-order valence-electron chi connectivity index (χ2n) is 0. The Balaban J connectivity index is 0. The predicted molar refractivity (Wildman–Crippen MR) is 8.54 cm³/mol. The Bertz CT molecular complexity index is 8.00. The van der Waals surface area contributed by atoms with Crippen molar-refractivity contribution in [2.24, 2.45) is 0 Å². The molecule has 0 atom stereocenters. The normalized spacial score (nSPS) is 0. The summed E-state index contributed by atoms with van der Waals surface area (Å²) >= 11 is 0. The molecule has 0 N–H and O–H groups in total. The van der Waals surface area contributed by atoms with Gasteiger partial charge in [0.05, 0.1) is 0 Å². The standard InChI is InChI=1S/Au.Cu.Pb.Zn.2H. The summed E-state index contributed by atoms with van der Waals surface area (Å²) in [5.41, 5.74) is 0. The van der Waals surface area contributed by atoms with Crippen molar-refractivity contribution < 1.29 is 58.9 Å². The van der Waals surface area contributed by atoms with Crippen LogP contribution in [-0.4, -0.2) is 27.3 Å². The van der Waals surface area contributed by atoms with E-state index in [2.05, 4.69) is 0 Å². The Morgan fingerprint density at radius 1 is 1.00 bits per heavy atom. The monoisotopic (exact) mass is 534 g/mol. The number of hydrogen-bond donors (Lipinski definition) is 0. The van der Waals surface area contributed by atoms with E-state index in [1.165, 1.54) is 0 Å². The summed E-state index contributed by atoms with van der Waals surface area (Å²) in [7, 11) is 0. The molecule has 0 bridgehead atoms. The molecule has 0 aromatic heterocycles. The van der Waals surface area contributed by atoms with Gasteiger partial charge in [-0.15, -0.1) is 0 Å². The minimum atomic E-state index is 0. The largest absolute Gasteiger partial charge is 0 e. The topological polar surface area (TPSA) is 0 Å². The van der Waals surface area contributed by atoms with Gasteiger partial charge in [-0.1, -0.05) is 0 Å². The molecule has 0 aliphatic carbocycles. The molecule has 0 aliphatic rings. The summed E-state index contributed by atoms with van der Waals surface area (Å²) in [5, 5.41) is 0. The van der Waals surface area contributed by atoms with Crippen molar-refractivity contribution in [2.75, 3.05) is 0 Å². The Kier molecular flexibility index (Phi) is 124. The van der Waals surface area contributed by atoms with E-state index in [1.54, 1.807) is 0 Å². The van der Waals surface area contributed by atoms with Crippen LogP contribution in [0, 0.1) is 0 Å². The molecule has 0 unspecified atom stereocenters. The molecular weight excluding hydrogens is 533 g/mol. The molecule has 4 heteroatoms. The molecule has 0 heterocycles. The Morgan fingerprint density at radius 3 is 1.00 bits per heavy atom. The van der Waals surface area contributed by atoms with E-state index in [4.69, 9.17) is 0 Å². The van der Waals surface area contributed by atoms with Crippen molar-refractivity contribution in [3.63, 3.8) is 0 Å². The van der Waals surface area contributed by atoms with E-state index in [1.807, 2.05) is 0 Å². The first-order chi connectivity index (χ1) is 0. The Morgan fingerprint density at radius 2 is 1.00 bits per heavy atom. The van der Waals surface area contributed by atoms with Gasteiger partial charge in [-0.2, -0.15) is 0 Å². The second-order valence-corrected chi connectivity index (χ2v) is 0. The van der Waals surface area contributed by atoms with E-state index >= 15 is 0 Å². The van der Waals surface area contributed by atoms with Crippen molar-refractivity contribution in [2.45, 2.75) is 0 Å². The van der Waals surface area contributed by atoms with E-state index in [9.17, 15) is 0 Å².